The molecule has 3 aromatic rings. The van der Waals surface area contributed by atoms with E-state index in [2.05, 4.69) is 15.5 Å². The van der Waals surface area contributed by atoms with Gasteiger partial charge in [-0.05, 0) is 31.2 Å². The second-order valence-corrected chi connectivity index (χ2v) is 6.30. The molecule has 2 heterocycles. The topological polar surface area (TPSA) is 111 Å². The highest BCUT2D eigenvalue weighted by molar-refractivity contribution is 7.98. The summed E-state index contributed by atoms with van der Waals surface area (Å²) in [5.74, 6) is 0.898. The first-order valence-electron chi connectivity index (χ1n) is 7.59. The second-order valence-electron chi connectivity index (χ2n) is 5.33. The normalized spacial score (nSPS) is 10.5. The Morgan fingerprint density at radius 1 is 1.31 bits per heavy atom. The minimum atomic E-state index is -0.493. The average molecular weight is 370 g/mol. The van der Waals surface area contributed by atoms with Gasteiger partial charge in [0.05, 0.1) is 16.2 Å². The number of nitro groups is 1. The summed E-state index contributed by atoms with van der Waals surface area (Å²) < 4.78 is 5.03. The Bertz CT molecular complexity index is 940. The number of anilines is 1. The van der Waals surface area contributed by atoms with Crippen LogP contribution in [0.3, 0.4) is 0 Å². The van der Waals surface area contributed by atoms with E-state index in [-0.39, 0.29) is 11.6 Å². The largest absolute Gasteiger partial charge is 0.361 e. The van der Waals surface area contributed by atoms with Crippen LogP contribution in [0.2, 0.25) is 0 Å². The Kier molecular flexibility index (Phi) is 5.28. The molecular formula is C17H14N4O4S. The zero-order valence-corrected chi connectivity index (χ0v) is 14.5. The third-order valence-corrected chi connectivity index (χ3v) is 4.42. The van der Waals surface area contributed by atoms with Crippen LogP contribution in [0.1, 0.15) is 21.8 Å². The standard InChI is InChI=1S/C17H14N4O4S/c1-11-9-13(20-25-11)10-26-17-15(3-2-8-18-17)16(22)19-12-4-6-14(7-5-12)21(23)24/h2-9H,10H2,1H3,(H,19,22). The van der Waals surface area contributed by atoms with Gasteiger partial charge in [0.15, 0.2) is 0 Å². The number of aromatic nitrogens is 2. The molecule has 0 atom stereocenters. The van der Waals surface area contributed by atoms with Crippen LogP contribution in [0.25, 0.3) is 0 Å². The molecule has 0 bridgehead atoms. The quantitative estimate of drug-likeness (QED) is 0.399. The minimum Gasteiger partial charge on any atom is -0.361 e. The van der Waals surface area contributed by atoms with Gasteiger partial charge in [0.2, 0.25) is 0 Å². The Balaban J connectivity index is 1.71. The van der Waals surface area contributed by atoms with Gasteiger partial charge in [0.25, 0.3) is 11.6 Å². The molecule has 9 heteroatoms. The number of nitro benzene ring substituents is 1. The van der Waals surface area contributed by atoms with Gasteiger partial charge in [0, 0.05) is 35.8 Å². The van der Waals surface area contributed by atoms with Crippen LogP contribution in [-0.2, 0) is 5.75 Å². The first-order valence-corrected chi connectivity index (χ1v) is 8.57. The number of amides is 1. The molecule has 0 radical (unpaired) electrons. The smallest absolute Gasteiger partial charge is 0.269 e. The van der Waals surface area contributed by atoms with Crippen molar-refractivity contribution in [2.75, 3.05) is 5.32 Å². The van der Waals surface area contributed by atoms with E-state index < -0.39 is 4.92 Å². The summed E-state index contributed by atoms with van der Waals surface area (Å²) in [6.07, 6.45) is 1.61. The Hall–Kier alpha value is -3.20. The molecule has 0 fully saturated rings. The van der Waals surface area contributed by atoms with Crippen molar-refractivity contribution in [2.45, 2.75) is 17.7 Å². The molecule has 0 aliphatic rings. The number of pyridine rings is 1. The SMILES string of the molecule is Cc1cc(CSc2ncccc2C(=O)Nc2ccc([N+](=O)[O-])cc2)no1. The van der Waals surface area contributed by atoms with E-state index >= 15 is 0 Å². The third-order valence-electron chi connectivity index (χ3n) is 3.39. The Morgan fingerprint density at radius 3 is 2.73 bits per heavy atom. The summed E-state index contributed by atoms with van der Waals surface area (Å²) in [4.78, 5) is 27.0. The highest BCUT2D eigenvalue weighted by atomic mass is 32.2. The molecule has 0 aliphatic carbocycles. The van der Waals surface area contributed by atoms with Gasteiger partial charge in [-0.2, -0.15) is 0 Å². The zero-order valence-electron chi connectivity index (χ0n) is 13.7. The maximum Gasteiger partial charge on any atom is 0.269 e. The lowest BCUT2D eigenvalue weighted by Gasteiger charge is -2.08. The van der Waals surface area contributed by atoms with Crippen molar-refractivity contribution in [1.82, 2.24) is 10.1 Å². The zero-order chi connectivity index (χ0) is 18.5. The summed E-state index contributed by atoms with van der Waals surface area (Å²) >= 11 is 1.37. The molecule has 0 aliphatic heterocycles. The van der Waals surface area contributed by atoms with Gasteiger partial charge in [0.1, 0.15) is 10.8 Å². The van der Waals surface area contributed by atoms with Crippen LogP contribution in [0, 0.1) is 17.0 Å². The summed E-state index contributed by atoms with van der Waals surface area (Å²) in [5, 5.41) is 17.9. The molecule has 1 aromatic carbocycles. The fourth-order valence-electron chi connectivity index (χ4n) is 2.17. The number of non-ortho nitro benzene ring substituents is 1. The van der Waals surface area contributed by atoms with E-state index in [1.807, 2.05) is 13.0 Å². The number of carbonyl (C=O) groups excluding carboxylic acids is 1. The molecule has 0 spiro atoms. The highest BCUT2D eigenvalue weighted by Gasteiger charge is 2.14. The molecule has 2 aromatic heterocycles. The maximum atomic E-state index is 12.5. The van der Waals surface area contributed by atoms with E-state index in [0.717, 1.165) is 11.5 Å². The Labute approximate surface area is 152 Å². The molecule has 26 heavy (non-hydrogen) atoms. The molecule has 1 amide bonds. The number of carbonyl (C=O) groups is 1. The number of aryl methyl sites for hydroxylation is 1. The molecule has 0 saturated carbocycles. The van der Waals surface area contributed by atoms with Crippen molar-refractivity contribution in [3.05, 3.63) is 75.8 Å². The predicted octanol–water partition coefficient (Wildman–Crippen LogP) is 3.83. The number of rotatable bonds is 6. The Morgan fingerprint density at radius 2 is 2.08 bits per heavy atom. The number of hydrogen-bond acceptors (Lipinski definition) is 7. The highest BCUT2D eigenvalue weighted by Crippen LogP contribution is 2.25. The lowest BCUT2D eigenvalue weighted by atomic mass is 10.2. The first kappa shape index (κ1) is 17.6. The predicted molar refractivity (Wildman–Crippen MR) is 96.1 cm³/mol. The average Bonchev–Trinajstić information content (AvgIpc) is 3.06. The number of benzene rings is 1. The van der Waals surface area contributed by atoms with Crippen LogP contribution >= 0.6 is 11.8 Å². The molecule has 3 rings (SSSR count). The van der Waals surface area contributed by atoms with Gasteiger partial charge in [-0.3, -0.25) is 14.9 Å². The van der Waals surface area contributed by atoms with E-state index in [1.165, 1.54) is 36.0 Å². The van der Waals surface area contributed by atoms with Crippen molar-refractivity contribution in [1.29, 1.82) is 0 Å². The van der Waals surface area contributed by atoms with E-state index in [4.69, 9.17) is 4.52 Å². The van der Waals surface area contributed by atoms with Crippen LogP contribution in [0.5, 0.6) is 0 Å². The molecule has 0 unspecified atom stereocenters. The van der Waals surface area contributed by atoms with Crippen molar-refractivity contribution in [2.24, 2.45) is 0 Å². The van der Waals surface area contributed by atoms with Gasteiger partial charge >= 0.3 is 0 Å². The molecular weight excluding hydrogens is 356 g/mol. The number of thioether (sulfide) groups is 1. The minimum absolute atomic E-state index is 0.0384. The molecule has 8 nitrogen and oxygen atoms in total. The van der Waals surface area contributed by atoms with Crippen molar-refractivity contribution in [3.63, 3.8) is 0 Å². The monoisotopic (exact) mass is 370 g/mol. The lowest BCUT2D eigenvalue weighted by molar-refractivity contribution is -0.384. The summed E-state index contributed by atoms with van der Waals surface area (Å²) in [5.41, 5.74) is 1.60. The molecule has 0 saturated heterocycles. The van der Waals surface area contributed by atoms with Crippen molar-refractivity contribution >= 4 is 29.0 Å². The van der Waals surface area contributed by atoms with E-state index in [0.29, 0.717) is 22.0 Å². The first-order chi connectivity index (χ1) is 12.5. The van der Waals surface area contributed by atoms with Crippen molar-refractivity contribution < 1.29 is 14.2 Å². The van der Waals surface area contributed by atoms with Crippen LogP contribution in [0.4, 0.5) is 11.4 Å². The lowest BCUT2D eigenvalue weighted by Crippen LogP contribution is -2.13. The van der Waals surface area contributed by atoms with Crippen LogP contribution in [0.15, 0.2) is 58.2 Å². The fraction of sp³-hybridized carbons (Fsp3) is 0.118. The third kappa shape index (κ3) is 4.25. The van der Waals surface area contributed by atoms with Gasteiger partial charge in [-0.15, -0.1) is 0 Å². The number of nitrogens with one attached hydrogen (secondary N) is 1. The number of hydrogen-bond donors (Lipinski definition) is 1. The molecule has 1 N–H and O–H groups in total. The second kappa shape index (κ2) is 7.79. The molecule has 132 valence electrons. The van der Waals surface area contributed by atoms with E-state index in [1.54, 1.807) is 18.3 Å². The summed E-state index contributed by atoms with van der Waals surface area (Å²) in [6.45, 7) is 1.81. The van der Waals surface area contributed by atoms with E-state index in [9.17, 15) is 14.9 Å². The summed E-state index contributed by atoms with van der Waals surface area (Å²) in [7, 11) is 0. The van der Waals surface area contributed by atoms with Gasteiger partial charge in [-0.1, -0.05) is 16.9 Å². The van der Waals surface area contributed by atoms with Crippen molar-refractivity contribution in [3.8, 4) is 0 Å². The fourth-order valence-corrected chi connectivity index (χ4v) is 3.04. The van der Waals surface area contributed by atoms with Crippen LogP contribution < -0.4 is 5.32 Å². The summed E-state index contributed by atoms with van der Waals surface area (Å²) in [6, 6.07) is 10.8. The van der Waals surface area contributed by atoms with Gasteiger partial charge < -0.3 is 9.84 Å². The number of nitrogens with zero attached hydrogens (tertiary/aromatic N) is 3. The maximum absolute atomic E-state index is 12.5. The van der Waals surface area contributed by atoms with Gasteiger partial charge in [-0.25, -0.2) is 4.98 Å². The van der Waals surface area contributed by atoms with Crippen LogP contribution in [-0.4, -0.2) is 21.0 Å².